The van der Waals surface area contributed by atoms with Crippen molar-refractivity contribution in [3.63, 3.8) is 0 Å². The van der Waals surface area contributed by atoms with Crippen LogP contribution in [0, 0.1) is 18.6 Å². The van der Waals surface area contributed by atoms with Crippen molar-refractivity contribution >= 4 is 17.2 Å². The van der Waals surface area contributed by atoms with E-state index in [9.17, 15) is 18.7 Å². The van der Waals surface area contributed by atoms with E-state index >= 15 is 0 Å². The van der Waals surface area contributed by atoms with E-state index in [4.69, 9.17) is 4.74 Å². The third-order valence-corrected chi connectivity index (χ3v) is 6.85. The molecule has 1 aromatic heterocycles. The SMILES string of the molecule is COc1cccc(CNC[C@H](O)[C@H](Cc2cc(F)cc(F)c2)NC(=O)c2cc(C)cc(-c3ccsc3)c2)c1. The molecular weight excluding hydrogens is 506 g/mol. The normalized spacial score (nSPS) is 12.7. The highest BCUT2D eigenvalue weighted by Crippen LogP contribution is 2.25. The lowest BCUT2D eigenvalue weighted by Gasteiger charge is -2.25. The van der Waals surface area contributed by atoms with Crippen LogP contribution in [0.3, 0.4) is 0 Å². The lowest BCUT2D eigenvalue weighted by atomic mass is 9.98. The van der Waals surface area contributed by atoms with Crippen molar-refractivity contribution in [1.29, 1.82) is 0 Å². The highest BCUT2D eigenvalue weighted by molar-refractivity contribution is 7.08. The van der Waals surface area contributed by atoms with Crippen LogP contribution in [0.5, 0.6) is 5.75 Å². The predicted octanol–water partition coefficient (Wildman–Crippen LogP) is 5.50. The van der Waals surface area contributed by atoms with Gasteiger partial charge in [0.15, 0.2) is 0 Å². The molecule has 0 radical (unpaired) electrons. The first-order valence-corrected chi connectivity index (χ1v) is 13.2. The van der Waals surface area contributed by atoms with Crippen LogP contribution in [-0.4, -0.2) is 36.8 Å². The van der Waals surface area contributed by atoms with Crippen molar-refractivity contribution in [3.8, 4) is 16.9 Å². The Balaban J connectivity index is 1.51. The summed E-state index contributed by atoms with van der Waals surface area (Å²) in [6.45, 7) is 2.52. The van der Waals surface area contributed by atoms with E-state index in [0.717, 1.165) is 34.1 Å². The molecule has 198 valence electrons. The number of carbonyl (C=O) groups excluding carboxylic acids is 1. The number of hydrogen-bond acceptors (Lipinski definition) is 5. The molecule has 38 heavy (non-hydrogen) atoms. The van der Waals surface area contributed by atoms with E-state index < -0.39 is 23.8 Å². The van der Waals surface area contributed by atoms with Crippen LogP contribution in [0.4, 0.5) is 8.78 Å². The van der Waals surface area contributed by atoms with Crippen molar-refractivity contribution in [3.05, 3.63) is 111 Å². The van der Waals surface area contributed by atoms with Gasteiger partial charge in [0.1, 0.15) is 17.4 Å². The second-order valence-corrected chi connectivity index (χ2v) is 9.99. The van der Waals surface area contributed by atoms with E-state index in [1.807, 2.05) is 54.1 Å². The number of hydrogen-bond donors (Lipinski definition) is 3. The van der Waals surface area contributed by atoms with Gasteiger partial charge in [0.2, 0.25) is 0 Å². The summed E-state index contributed by atoms with van der Waals surface area (Å²) in [5.41, 5.74) is 4.59. The Morgan fingerprint density at radius 2 is 1.79 bits per heavy atom. The summed E-state index contributed by atoms with van der Waals surface area (Å²) in [5, 5.41) is 21.1. The zero-order valence-electron chi connectivity index (χ0n) is 21.2. The predicted molar refractivity (Wildman–Crippen MR) is 147 cm³/mol. The summed E-state index contributed by atoms with van der Waals surface area (Å²) in [5.74, 6) is -1.08. The van der Waals surface area contributed by atoms with Gasteiger partial charge in [0.25, 0.3) is 5.91 Å². The minimum absolute atomic E-state index is 0.0473. The fraction of sp³-hybridized carbons (Fsp3) is 0.233. The molecule has 4 rings (SSSR count). The smallest absolute Gasteiger partial charge is 0.251 e. The topological polar surface area (TPSA) is 70.6 Å². The molecule has 1 heterocycles. The number of nitrogens with one attached hydrogen (secondary N) is 2. The third kappa shape index (κ3) is 7.47. The molecular formula is C30H30F2N2O3S. The van der Waals surface area contributed by atoms with Gasteiger partial charge in [-0.25, -0.2) is 8.78 Å². The number of aryl methyl sites for hydroxylation is 1. The average Bonchev–Trinajstić information content (AvgIpc) is 3.43. The molecule has 0 aliphatic heterocycles. The van der Waals surface area contributed by atoms with Gasteiger partial charge >= 0.3 is 0 Å². The highest BCUT2D eigenvalue weighted by atomic mass is 32.1. The molecule has 0 aliphatic rings. The fourth-order valence-electron chi connectivity index (χ4n) is 4.32. The number of rotatable bonds is 11. The number of amides is 1. The van der Waals surface area contributed by atoms with Gasteiger partial charge in [-0.3, -0.25) is 4.79 Å². The summed E-state index contributed by atoms with van der Waals surface area (Å²) >= 11 is 1.57. The molecule has 1 amide bonds. The number of benzene rings is 3. The molecule has 5 nitrogen and oxygen atoms in total. The Morgan fingerprint density at radius 3 is 2.50 bits per heavy atom. The van der Waals surface area contributed by atoms with Crippen LogP contribution in [0.15, 0.2) is 77.5 Å². The largest absolute Gasteiger partial charge is 0.497 e. The van der Waals surface area contributed by atoms with Gasteiger partial charge in [-0.15, -0.1) is 0 Å². The standard InChI is InChI=1S/C30H30F2N2O3S/c1-19-8-23(22-6-7-38-18-22)14-24(9-19)30(36)34-28(13-21-10-25(31)15-26(32)11-21)29(35)17-33-16-20-4-3-5-27(12-20)37-2/h3-12,14-15,18,28-29,33,35H,13,16-17H2,1-2H3,(H,34,36)/t28-,29-/m0/s1. The van der Waals surface area contributed by atoms with Gasteiger partial charge in [0, 0.05) is 24.7 Å². The number of thiophene rings is 1. The van der Waals surface area contributed by atoms with Gasteiger partial charge in [-0.05, 0) is 94.4 Å². The minimum atomic E-state index is -1.03. The molecule has 0 aliphatic carbocycles. The molecule has 0 saturated heterocycles. The van der Waals surface area contributed by atoms with E-state index in [2.05, 4.69) is 10.6 Å². The first kappa shape index (κ1) is 27.4. The summed E-state index contributed by atoms with van der Waals surface area (Å²) in [6, 6.07) is 17.5. The third-order valence-electron chi connectivity index (χ3n) is 6.17. The van der Waals surface area contributed by atoms with Crippen molar-refractivity contribution in [2.45, 2.75) is 32.0 Å². The van der Waals surface area contributed by atoms with Crippen LogP contribution >= 0.6 is 11.3 Å². The van der Waals surface area contributed by atoms with Gasteiger partial charge in [0.05, 0.1) is 19.3 Å². The van der Waals surface area contributed by atoms with Gasteiger partial charge in [-0.2, -0.15) is 11.3 Å². The van der Waals surface area contributed by atoms with E-state index in [0.29, 0.717) is 17.7 Å². The Morgan fingerprint density at radius 1 is 1.00 bits per heavy atom. The maximum atomic E-state index is 13.9. The van der Waals surface area contributed by atoms with Crippen LogP contribution in [-0.2, 0) is 13.0 Å². The highest BCUT2D eigenvalue weighted by Gasteiger charge is 2.23. The van der Waals surface area contributed by atoms with Crippen LogP contribution in [0.1, 0.15) is 27.0 Å². The molecule has 0 spiro atoms. The second kappa shape index (κ2) is 12.8. The van der Waals surface area contributed by atoms with Gasteiger partial charge in [-0.1, -0.05) is 18.2 Å². The lowest BCUT2D eigenvalue weighted by Crippen LogP contribution is -2.48. The molecule has 4 aromatic rings. The van der Waals surface area contributed by atoms with E-state index in [-0.39, 0.29) is 18.9 Å². The van der Waals surface area contributed by atoms with Crippen LogP contribution in [0.25, 0.3) is 11.1 Å². The lowest BCUT2D eigenvalue weighted by molar-refractivity contribution is 0.0829. The van der Waals surface area contributed by atoms with Crippen molar-refractivity contribution in [2.75, 3.05) is 13.7 Å². The molecule has 0 fully saturated rings. The quantitative estimate of drug-likeness (QED) is 0.237. The van der Waals surface area contributed by atoms with E-state index in [1.54, 1.807) is 30.6 Å². The summed E-state index contributed by atoms with van der Waals surface area (Å²) in [4.78, 5) is 13.3. The minimum Gasteiger partial charge on any atom is -0.497 e. The molecule has 2 atom stereocenters. The molecule has 0 bridgehead atoms. The second-order valence-electron chi connectivity index (χ2n) is 9.21. The fourth-order valence-corrected chi connectivity index (χ4v) is 4.98. The summed E-state index contributed by atoms with van der Waals surface area (Å²) < 4.78 is 33.0. The van der Waals surface area contributed by atoms with E-state index in [1.165, 1.54) is 12.1 Å². The molecule has 3 aromatic carbocycles. The Bertz CT molecular complexity index is 1360. The number of ether oxygens (including phenoxy) is 1. The summed E-state index contributed by atoms with van der Waals surface area (Å²) in [7, 11) is 1.59. The van der Waals surface area contributed by atoms with Crippen LogP contribution < -0.4 is 15.4 Å². The molecule has 3 N–H and O–H groups in total. The number of methoxy groups -OCH3 is 1. The average molecular weight is 537 g/mol. The monoisotopic (exact) mass is 536 g/mol. The maximum absolute atomic E-state index is 13.9. The number of aliphatic hydroxyl groups excluding tert-OH is 1. The van der Waals surface area contributed by atoms with Crippen molar-refractivity contribution < 1.29 is 23.4 Å². The maximum Gasteiger partial charge on any atom is 0.251 e. The van der Waals surface area contributed by atoms with Crippen molar-refractivity contribution in [2.24, 2.45) is 0 Å². The molecule has 0 unspecified atom stereocenters. The van der Waals surface area contributed by atoms with Crippen LogP contribution in [0.2, 0.25) is 0 Å². The van der Waals surface area contributed by atoms with Gasteiger partial charge < -0.3 is 20.5 Å². The number of carbonyl (C=O) groups is 1. The van der Waals surface area contributed by atoms with Crippen molar-refractivity contribution in [1.82, 2.24) is 10.6 Å². The first-order chi connectivity index (χ1) is 18.3. The summed E-state index contributed by atoms with van der Waals surface area (Å²) in [6.07, 6.45) is -0.983. The Hall–Kier alpha value is -3.59. The Labute approximate surface area is 225 Å². The first-order valence-electron chi connectivity index (χ1n) is 12.2. The Kier molecular flexibility index (Phi) is 9.23. The number of aliphatic hydroxyl groups is 1. The number of halogens is 2. The zero-order valence-corrected chi connectivity index (χ0v) is 22.0. The molecule has 8 heteroatoms. The molecule has 0 saturated carbocycles. The zero-order chi connectivity index (χ0) is 27.1.